The topological polar surface area (TPSA) is 110 Å². The predicted octanol–water partition coefficient (Wildman–Crippen LogP) is 5.23. The normalized spacial score (nSPS) is 27.1. The third-order valence-electron chi connectivity index (χ3n) is 8.81. The predicted molar refractivity (Wildman–Crippen MR) is 149 cm³/mol. The molecule has 202 valence electrons. The van der Waals surface area contributed by atoms with Crippen molar-refractivity contribution in [1.82, 2.24) is 24.8 Å². The first kappa shape index (κ1) is 25.6. The molecule has 4 heterocycles. The Hall–Kier alpha value is -2.62. The summed E-state index contributed by atoms with van der Waals surface area (Å²) in [7, 11) is 0. The Labute approximate surface area is 231 Å². The summed E-state index contributed by atoms with van der Waals surface area (Å²) in [6, 6.07) is 5.82. The molecular formula is C27H33Cl2N7O2. The second kappa shape index (κ2) is 9.84. The summed E-state index contributed by atoms with van der Waals surface area (Å²) in [5, 5.41) is 14.2. The number of aromatic nitrogens is 4. The molecule has 11 heteroatoms. The summed E-state index contributed by atoms with van der Waals surface area (Å²) >= 11 is 12.5. The molecule has 3 aliphatic rings. The first-order valence-corrected chi connectivity index (χ1v) is 14.1. The number of anilines is 2. The average molecular weight is 559 g/mol. The fraction of sp³-hybridized carbons (Fsp3) is 0.556. The van der Waals surface area contributed by atoms with E-state index < -0.39 is 11.4 Å². The highest BCUT2D eigenvalue weighted by atomic mass is 35.5. The molecule has 1 saturated carbocycles. The summed E-state index contributed by atoms with van der Waals surface area (Å²) in [5.74, 6) is 1.92. The van der Waals surface area contributed by atoms with Gasteiger partial charge in [-0.1, -0.05) is 29.3 Å². The van der Waals surface area contributed by atoms with E-state index in [-0.39, 0.29) is 6.04 Å². The average Bonchev–Trinajstić information content (AvgIpc) is 3.30. The number of aliphatic carboxylic acids is 1. The number of nitrogens with one attached hydrogen (secondary N) is 2. The number of halogens is 2. The molecule has 38 heavy (non-hydrogen) atoms. The fourth-order valence-corrected chi connectivity index (χ4v) is 6.92. The summed E-state index contributed by atoms with van der Waals surface area (Å²) in [4.78, 5) is 33.5. The number of carboxylic acids is 1. The van der Waals surface area contributed by atoms with Gasteiger partial charge in [0.05, 0.1) is 17.8 Å². The van der Waals surface area contributed by atoms with Crippen molar-refractivity contribution >= 4 is 52.1 Å². The minimum atomic E-state index is -0.662. The van der Waals surface area contributed by atoms with Gasteiger partial charge in [0.25, 0.3) is 0 Å². The zero-order chi connectivity index (χ0) is 26.6. The van der Waals surface area contributed by atoms with Crippen molar-refractivity contribution in [3.05, 3.63) is 40.1 Å². The van der Waals surface area contributed by atoms with E-state index >= 15 is 0 Å². The van der Waals surface area contributed by atoms with Crippen LogP contribution in [-0.2, 0) is 4.79 Å². The number of rotatable bonds is 7. The SMILES string of the molecule is CC(Nc1nc(N2CC([C@H]3CCCN(C4CC(C)(C(=O)O)C4)C3)C2)nc2nc[nH]c12)c1ccc(Cl)cc1Cl. The van der Waals surface area contributed by atoms with Gasteiger partial charge in [0.1, 0.15) is 5.52 Å². The monoisotopic (exact) mass is 557 g/mol. The maximum Gasteiger partial charge on any atom is 0.309 e. The molecule has 1 aromatic carbocycles. The Morgan fingerprint density at radius 3 is 2.74 bits per heavy atom. The van der Waals surface area contributed by atoms with Crippen LogP contribution < -0.4 is 10.2 Å². The van der Waals surface area contributed by atoms with Crippen LogP contribution in [0.1, 0.15) is 51.1 Å². The van der Waals surface area contributed by atoms with Gasteiger partial charge in [-0.15, -0.1) is 0 Å². The lowest BCUT2D eigenvalue weighted by Crippen LogP contribution is -2.58. The second-order valence-electron chi connectivity index (χ2n) is 11.5. The van der Waals surface area contributed by atoms with Crippen LogP contribution in [0.25, 0.3) is 11.2 Å². The number of benzene rings is 1. The molecule has 2 atom stereocenters. The van der Waals surface area contributed by atoms with Crippen molar-refractivity contribution in [3.63, 3.8) is 0 Å². The lowest BCUT2D eigenvalue weighted by Gasteiger charge is -2.52. The van der Waals surface area contributed by atoms with E-state index in [0.717, 1.165) is 50.1 Å². The van der Waals surface area contributed by atoms with Crippen LogP contribution in [0, 0.1) is 17.3 Å². The summed E-state index contributed by atoms with van der Waals surface area (Å²) in [5.41, 5.74) is 1.78. The summed E-state index contributed by atoms with van der Waals surface area (Å²) in [6.45, 7) is 7.89. The molecule has 3 aromatic rings. The van der Waals surface area contributed by atoms with Gasteiger partial charge >= 0.3 is 5.97 Å². The molecule has 2 saturated heterocycles. The number of carboxylic acid groups (broad SMARTS) is 1. The van der Waals surface area contributed by atoms with Crippen molar-refractivity contribution < 1.29 is 9.90 Å². The molecule has 0 spiro atoms. The van der Waals surface area contributed by atoms with Gasteiger partial charge in [-0.25, -0.2) is 4.98 Å². The van der Waals surface area contributed by atoms with Crippen LogP contribution >= 0.6 is 23.2 Å². The molecule has 9 nitrogen and oxygen atoms in total. The van der Waals surface area contributed by atoms with Gasteiger partial charge in [-0.05, 0) is 75.6 Å². The minimum absolute atomic E-state index is 0.0964. The van der Waals surface area contributed by atoms with E-state index in [1.165, 1.54) is 12.8 Å². The Kier molecular flexibility index (Phi) is 6.64. The van der Waals surface area contributed by atoms with Gasteiger partial charge < -0.3 is 25.2 Å². The van der Waals surface area contributed by atoms with Gasteiger partial charge in [0, 0.05) is 35.7 Å². The first-order chi connectivity index (χ1) is 18.2. The molecule has 1 aliphatic carbocycles. The Bertz CT molecular complexity index is 1350. The third kappa shape index (κ3) is 4.69. The number of fused-ring (bicyclic) bond motifs is 1. The van der Waals surface area contributed by atoms with Gasteiger partial charge in [0.2, 0.25) is 5.95 Å². The van der Waals surface area contributed by atoms with Crippen LogP contribution in [0.4, 0.5) is 11.8 Å². The third-order valence-corrected chi connectivity index (χ3v) is 9.37. The summed E-state index contributed by atoms with van der Waals surface area (Å²) in [6.07, 6.45) is 5.57. The van der Waals surface area contributed by atoms with Crippen molar-refractivity contribution in [1.29, 1.82) is 0 Å². The van der Waals surface area contributed by atoms with E-state index in [0.29, 0.717) is 45.3 Å². The maximum absolute atomic E-state index is 11.5. The number of imidazole rings is 1. The van der Waals surface area contributed by atoms with Crippen LogP contribution in [-0.4, -0.2) is 68.1 Å². The number of H-pyrrole nitrogens is 1. The molecule has 2 aliphatic heterocycles. The number of likely N-dealkylation sites (tertiary alicyclic amines) is 1. The molecule has 3 N–H and O–H groups in total. The van der Waals surface area contributed by atoms with Crippen molar-refractivity contribution in [2.24, 2.45) is 17.3 Å². The molecule has 0 amide bonds. The van der Waals surface area contributed by atoms with E-state index in [9.17, 15) is 9.90 Å². The molecule has 6 rings (SSSR count). The van der Waals surface area contributed by atoms with Crippen LogP contribution in [0.2, 0.25) is 10.0 Å². The number of carbonyl (C=O) groups is 1. The van der Waals surface area contributed by atoms with Gasteiger partial charge in [-0.3, -0.25) is 4.79 Å². The van der Waals surface area contributed by atoms with E-state index in [1.54, 1.807) is 12.4 Å². The Balaban J connectivity index is 1.11. The molecular weight excluding hydrogens is 525 g/mol. The zero-order valence-electron chi connectivity index (χ0n) is 21.6. The van der Waals surface area contributed by atoms with Gasteiger partial charge in [-0.2, -0.15) is 9.97 Å². The lowest BCUT2D eigenvalue weighted by molar-refractivity contribution is -0.158. The van der Waals surface area contributed by atoms with Crippen LogP contribution in [0.5, 0.6) is 0 Å². The minimum Gasteiger partial charge on any atom is -0.481 e. The number of piperidine rings is 1. The number of nitrogens with zero attached hydrogens (tertiary/aromatic N) is 5. The molecule has 2 aromatic heterocycles. The quantitative estimate of drug-likeness (QED) is 0.362. The number of hydrogen-bond acceptors (Lipinski definition) is 7. The first-order valence-electron chi connectivity index (χ1n) is 13.3. The molecule has 0 radical (unpaired) electrons. The van der Waals surface area contributed by atoms with Crippen molar-refractivity contribution in [2.75, 3.05) is 36.4 Å². The number of aromatic amines is 1. The van der Waals surface area contributed by atoms with E-state index in [1.807, 2.05) is 26.0 Å². The highest BCUT2D eigenvalue weighted by Crippen LogP contribution is 2.45. The van der Waals surface area contributed by atoms with Crippen LogP contribution in [0.15, 0.2) is 24.5 Å². The van der Waals surface area contributed by atoms with Crippen molar-refractivity contribution in [2.45, 2.75) is 51.6 Å². The second-order valence-corrected chi connectivity index (χ2v) is 12.3. The van der Waals surface area contributed by atoms with Crippen molar-refractivity contribution in [3.8, 4) is 0 Å². The highest BCUT2D eigenvalue weighted by Gasteiger charge is 2.49. The maximum atomic E-state index is 11.5. The summed E-state index contributed by atoms with van der Waals surface area (Å²) < 4.78 is 0. The standard InChI is InChI=1S/C27H33Cl2N7O2/c1-15(20-6-5-18(28)8-21(20)29)32-24-22-23(31-14-30-22)33-26(34-24)36-12-17(13-36)16-4-3-7-35(11-16)19-9-27(2,10-19)25(37)38/h5-6,8,14-17,19H,3-4,7,9-13H2,1-2H3,(H,37,38)(H2,30,31,32,33,34)/t15?,16-,19?,27?/m0/s1. The lowest BCUT2D eigenvalue weighted by atomic mass is 9.65. The Morgan fingerprint density at radius 2 is 2.00 bits per heavy atom. The zero-order valence-corrected chi connectivity index (χ0v) is 23.1. The smallest absolute Gasteiger partial charge is 0.309 e. The van der Waals surface area contributed by atoms with Crippen LogP contribution in [0.3, 0.4) is 0 Å². The molecule has 1 unspecified atom stereocenters. The van der Waals surface area contributed by atoms with E-state index in [2.05, 4.69) is 25.1 Å². The molecule has 3 fully saturated rings. The highest BCUT2D eigenvalue weighted by molar-refractivity contribution is 6.35. The van der Waals surface area contributed by atoms with Gasteiger partial charge in [0.15, 0.2) is 11.5 Å². The molecule has 0 bridgehead atoms. The van der Waals surface area contributed by atoms with E-state index in [4.69, 9.17) is 33.2 Å². The fourth-order valence-electron chi connectivity index (χ4n) is 6.35. The Morgan fingerprint density at radius 1 is 1.21 bits per heavy atom. The number of hydrogen-bond donors (Lipinski definition) is 3. The largest absolute Gasteiger partial charge is 0.481 e.